The largest absolute Gasteiger partial charge is 0.478 e. The highest BCUT2D eigenvalue weighted by Gasteiger charge is 2.19. The molecule has 0 aliphatic heterocycles. The van der Waals surface area contributed by atoms with Gasteiger partial charge in [0.25, 0.3) is 5.91 Å². The Morgan fingerprint density at radius 1 is 1.37 bits per heavy atom. The first-order valence-corrected chi connectivity index (χ1v) is 6.32. The van der Waals surface area contributed by atoms with Crippen LogP contribution in [0.4, 0.5) is 0 Å². The minimum absolute atomic E-state index is 0.167. The Hall–Kier alpha value is -2.17. The van der Waals surface area contributed by atoms with Gasteiger partial charge in [0.05, 0.1) is 0 Å². The second kappa shape index (κ2) is 6.13. The lowest BCUT2D eigenvalue weighted by atomic mass is 10.1. The van der Waals surface area contributed by atoms with Crippen molar-refractivity contribution in [1.29, 1.82) is 0 Å². The molecule has 5 nitrogen and oxygen atoms in total. The van der Waals surface area contributed by atoms with Gasteiger partial charge in [0.1, 0.15) is 0 Å². The van der Waals surface area contributed by atoms with Crippen LogP contribution in [0.2, 0.25) is 0 Å². The Morgan fingerprint density at radius 2 is 2.11 bits per heavy atom. The van der Waals surface area contributed by atoms with Crippen LogP contribution in [0.15, 0.2) is 24.5 Å². The van der Waals surface area contributed by atoms with Crippen LogP contribution < -0.4 is 5.32 Å². The third kappa shape index (κ3) is 3.64. The van der Waals surface area contributed by atoms with E-state index < -0.39 is 5.97 Å². The van der Waals surface area contributed by atoms with E-state index in [9.17, 15) is 9.59 Å². The van der Waals surface area contributed by atoms with Gasteiger partial charge in [-0.2, -0.15) is 0 Å². The summed E-state index contributed by atoms with van der Waals surface area (Å²) in [5.41, 5.74) is 0.972. The number of nitrogens with zero attached hydrogens (tertiary/aromatic N) is 1. The van der Waals surface area contributed by atoms with Gasteiger partial charge in [-0.25, -0.2) is 4.79 Å². The highest BCUT2D eigenvalue weighted by Crippen LogP contribution is 2.18. The first kappa shape index (κ1) is 13.3. The van der Waals surface area contributed by atoms with Crippen molar-refractivity contribution in [2.75, 3.05) is 0 Å². The van der Waals surface area contributed by atoms with E-state index in [2.05, 4.69) is 10.3 Å². The minimum atomic E-state index is -1.05. The van der Waals surface area contributed by atoms with E-state index in [1.165, 1.54) is 18.5 Å². The van der Waals surface area contributed by atoms with Crippen LogP contribution >= 0.6 is 0 Å². The molecule has 0 aromatic carbocycles. The van der Waals surface area contributed by atoms with Crippen LogP contribution in [0.25, 0.3) is 6.08 Å². The molecular formula is C14H16N2O3. The number of carbonyl (C=O) groups is 2. The number of carbonyl (C=O) groups excluding carboxylic acids is 1. The van der Waals surface area contributed by atoms with Gasteiger partial charge in [0, 0.05) is 35.6 Å². The number of hydrogen-bond donors (Lipinski definition) is 2. The Bertz CT molecular complexity index is 505. The molecule has 2 rings (SSSR count). The van der Waals surface area contributed by atoms with Gasteiger partial charge in [-0.1, -0.05) is 12.8 Å². The summed E-state index contributed by atoms with van der Waals surface area (Å²) in [5.74, 6) is -1.22. The molecule has 1 aliphatic rings. The predicted molar refractivity (Wildman–Crippen MR) is 70.6 cm³/mol. The summed E-state index contributed by atoms with van der Waals surface area (Å²) in [5, 5.41) is 11.6. The number of rotatable bonds is 4. The monoisotopic (exact) mass is 260 g/mol. The zero-order valence-electron chi connectivity index (χ0n) is 10.5. The minimum Gasteiger partial charge on any atom is -0.478 e. The maximum atomic E-state index is 12.1. The fraction of sp³-hybridized carbons (Fsp3) is 0.357. The fourth-order valence-electron chi connectivity index (χ4n) is 2.24. The molecular weight excluding hydrogens is 244 g/mol. The Balaban J connectivity index is 2.13. The van der Waals surface area contributed by atoms with Crippen molar-refractivity contribution in [3.05, 3.63) is 35.7 Å². The number of hydrogen-bond acceptors (Lipinski definition) is 3. The Morgan fingerprint density at radius 3 is 2.79 bits per heavy atom. The average molecular weight is 260 g/mol. The molecule has 1 fully saturated rings. The van der Waals surface area contributed by atoms with Crippen LogP contribution in [-0.4, -0.2) is 28.0 Å². The van der Waals surface area contributed by atoms with Crippen LogP contribution in [0.1, 0.15) is 41.6 Å². The third-order valence-electron chi connectivity index (χ3n) is 3.19. The number of aliphatic carboxylic acids is 1. The smallest absolute Gasteiger partial charge is 0.328 e. The number of carboxylic acids is 1. The second-order valence-corrected chi connectivity index (χ2v) is 4.59. The van der Waals surface area contributed by atoms with Crippen molar-refractivity contribution in [3.8, 4) is 0 Å². The van der Waals surface area contributed by atoms with E-state index in [-0.39, 0.29) is 11.9 Å². The molecule has 2 N–H and O–H groups in total. The Labute approximate surface area is 111 Å². The molecule has 1 aromatic rings. The normalized spacial score (nSPS) is 15.8. The lowest BCUT2D eigenvalue weighted by Gasteiger charge is -2.12. The number of aromatic nitrogens is 1. The van der Waals surface area contributed by atoms with E-state index in [0.717, 1.165) is 31.8 Å². The maximum Gasteiger partial charge on any atom is 0.328 e. The molecule has 0 saturated heterocycles. The summed E-state index contributed by atoms with van der Waals surface area (Å²) in [4.78, 5) is 26.6. The van der Waals surface area contributed by atoms with Crippen molar-refractivity contribution >= 4 is 18.0 Å². The standard InChI is InChI=1S/C14H16N2O3/c17-13(18)6-5-10-9-15-8-7-12(10)14(19)16-11-3-1-2-4-11/h5-9,11H,1-4H2,(H,16,19)(H,17,18). The van der Waals surface area contributed by atoms with Crippen LogP contribution in [0.5, 0.6) is 0 Å². The molecule has 0 bridgehead atoms. The molecule has 5 heteroatoms. The summed E-state index contributed by atoms with van der Waals surface area (Å²) >= 11 is 0. The first-order chi connectivity index (χ1) is 9.16. The summed E-state index contributed by atoms with van der Waals surface area (Å²) in [7, 11) is 0. The molecule has 100 valence electrons. The quantitative estimate of drug-likeness (QED) is 0.810. The number of carboxylic acid groups (broad SMARTS) is 1. The lowest BCUT2D eigenvalue weighted by molar-refractivity contribution is -0.131. The van der Waals surface area contributed by atoms with Gasteiger partial charge in [-0.3, -0.25) is 9.78 Å². The van der Waals surface area contributed by atoms with Crippen molar-refractivity contribution < 1.29 is 14.7 Å². The van der Waals surface area contributed by atoms with Crippen LogP contribution in [0.3, 0.4) is 0 Å². The Kier molecular flexibility index (Phi) is 4.28. The van der Waals surface area contributed by atoms with E-state index in [1.54, 1.807) is 6.07 Å². The fourth-order valence-corrected chi connectivity index (χ4v) is 2.24. The van der Waals surface area contributed by atoms with Crippen molar-refractivity contribution in [1.82, 2.24) is 10.3 Å². The number of amides is 1. The molecule has 1 amide bonds. The van der Waals surface area contributed by atoms with Gasteiger partial charge < -0.3 is 10.4 Å². The SMILES string of the molecule is O=C(O)C=Cc1cnccc1C(=O)NC1CCCC1. The zero-order valence-corrected chi connectivity index (χ0v) is 10.5. The van der Waals surface area contributed by atoms with E-state index >= 15 is 0 Å². The topological polar surface area (TPSA) is 79.3 Å². The van der Waals surface area contributed by atoms with E-state index in [0.29, 0.717) is 11.1 Å². The highest BCUT2D eigenvalue weighted by atomic mass is 16.4. The summed E-state index contributed by atoms with van der Waals surface area (Å²) < 4.78 is 0. The molecule has 1 aromatic heterocycles. The average Bonchev–Trinajstić information content (AvgIpc) is 2.89. The zero-order chi connectivity index (χ0) is 13.7. The summed E-state index contributed by atoms with van der Waals surface area (Å²) in [6.07, 6.45) is 9.72. The molecule has 0 atom stereocenters. The number of nitrogens with one attached hydrogen (secondary N) is 1. The van der Waals surface area contributed by atoms with Gasteiger partial charge in [0.15, 0.2) is 0 Å². The molecule has 0 spiro atoms. The first-order valence-electron chi connectivity index (χ1n) is 6.32. The van der Waals surface area contributed by atoms with Gasteiger partial charge >= 0.3 is 5.97 Å². The van der Waals surface area contributed by atoms with Crippen molar-refractivity contribution in [3.63, 3.8) is 0 Å². The molecule has 0 unspecified atom stereocenters. The summed E-state index contributed by atoms with van der Waals surface area (Å²) in [6, 6.07) is 1.84. The van der Waals surface area contributed by atoms with Gasteiger partial charge in [-0.15, -0.1) is 0 Å². The maximum absolute atomic E-state index is 12.1. The molecule has 19 heavy (non-hydrogen) atoms. The molecule has 1 saturated carbocycles. The van der Waals surface area contributed by atoms with Crippen molar-refractivity contribution in [2.24, 2.45) is 0 Å². The third-order valence-corrected chi connectivity index (χ3v) is 3.19. The number of pyridine rings is 1. The summed E-state index contributed by atoms with van der Waals surface area (Å²) in [6.45, 7) is 0. The lowest BCUT2D eigenvalue weighted by Crippen LogP contribution is -2.33. The van der Waals surface area contributed by atoms with Crippen molar-refractivity contribution in [2.45, 2.75) is 31.7 Å². The van der Waals surface area contributed by atoms with Crippen LogP contribution in [-0.2, 0) is 4.79 Å². The van der Waals surface area contributed by atoms with Gasteiger partial charge in [0.2, 0.25) is 0 Å². The van der Waals surface area contributed by atoms with Crippen LogP contribution in [0, 0.1) is 0 Å². The van der Waals surface area contributed by atoms with E-state index in [1.807, 2.05) is 0 Å². The highest BCUT2D eigenvalue weighted by molar-refractivity contribution is 5.98. The van der Waals surface area contributed by atoms with E-state index in [4.69, 9.17) is 5.11 Å². The molecule has 0 radical (unpaired) electrons. The molecule has 1 heterocycles. The second-order valence-electron chi connectivity index (χ2n) is 4.59. The molecule has 1 aliphatic carbocycles. The predicted octanol–water partition coefficient (Wildman–Crippen LogP) is 1.85. The van der Waals surface area contributed by atoms with Gasteiger partial charge in [-0.05, 0) is 25.0 Å².